The van der Waals surface area contributed by atoms with Crippen LogP contribution in [0.25, 0.3) is 0 Å². The Balaban J connectivity index is 2.41. The zero-order valence-electron chi connectivity index (χ0n) is 8.29. The number of ether oxygens (including phenoxy) is 1. The summed E-state index contributed by atoms with van der Waals surface area (Å²) in [5, 5.41) is 4.63. The van der Waals surface area contributed by atoms with Gasteiger partial charge in [0, 0.05) is 12.3 Å². The molecule has 0 saturated heterocycles. The molecule has 0 radical (unpaired) electrons. The first-order valence-corrected chi connectivity index (χ1v) is 6.20. The molecule has 7 heteroatoms. The first-order valence-electron chi connectivity index (χ1n) is 4.65. The van der Waals surface area contributed by atoms with Crippen LogP contribution < -0.4 is 9.88 Å². The molecule has 1 fully saturated rings. The number of primary sulfonamides is 1. The Morgan fingerprint density at radius 1 is 1.50 bits per heavy atom. The van der Waals surface area contributed by atoms with Crippen LogP contribution >= 0.6 is 0 Å². The van der Waals surface area contributed by atoms with E-state index >= 15 is 0 Å². The minimum Gasteiger partial charge on any atom is -0.490 e. The summed E-state index contributed by atoms with van der Waals surface area (Å²) < 4.78 is 27.5. The lowest BCUT2D eigenvalue weighted by Gasteiger charge is -2.07. The zero-order valence-corrected chi connectivity index (χ0v) is 9.11. The van der Waals surface area contributed by atoms with E-state index in [1.165, 1.54) is 6.07 Å². The largest absolute Gasteiger partial charge is 0.490 e. The Labute approximate surface area is 92.5 Å². The highest BCUT2D eigenvalue weighted by Crippen LogP contribution is 2.29. The summed E-state index contributed by atoms with van der Waals surface area (Å²) in [5.41, 5.74) is 0.222. The number of nitrogens with two attached hydrogens (primary N) is 1. The second-order valence-corrected chi connectivity index (χ2v) is 5.05. The summed E-state index contributed by atoms with van der Waals surface area (Å²) in [7, 11) is -3.87. The molecule has 86 valence electrons. The van der Waals surface area contributed by atoms with Crippen LogP contribution in [0.1, 0.15) is 23.2 Å². The van der Waals surface area contributed by atoms with Gasteiger partial charge in [0.1, 0.15) is 5.75 Å². The number of hydrogen-bond donors (Lipinski definition) is 1. The highest BCUT2D eigenvalue weighted by molar-refractivity contribution is 7.89. The second-order valence-electron chi connectivity index (χ2n) is 3.54. The predicted molar refractivity (Wildman–Crippen MR) is 54.6 cm³/mol. The Kier molecular flexibility index (Phi) is 2.64. The molecule has 1 heterocycles. The summed E-state index contributed by atoms with van der Waals surface area (Å²) in [6.07, 6.45) is 3.59. The summed E-state index contributed by atoms with van der Waals surface area (Å²) in [4.78, 5) is 14.3. The third-order valence-corrected chi connectivity index (χ3v) is 2.91. The van der Waals surface area contributed by atoms with Crippen molar-refractivity contribution in [2.75, 3.05) is 0 Å². The minimum absolute atomic E-state index is 0.0643. The molecule has 0 aliphatic heterocycles. The van der Waals surface area contributed by atoms with Crippen LogP contribution in [-0.2, 0) is 10.0 Å². The smallest absolute Gasteiger partial charge is 0.255 e. The van der Waals surface area contributed by atoms with Gasteiger partial charge in [-0.2, -0.15) is 0 Å². The van der Waals surface area contributed by atoms with Gasteiger partial charge in [-0.3, -0.25) is 4.79 Å². The van der Waals surface area contributed by atoms with Gasteiger partial charge >= 0.3 is 0 Å². The number of carbonyl (C=O) groups excluding carboxylic acids is 1. The maximum atomic E-state index is 11.1. The normalized spacial score (nSPS) is 15.8. The molecule has 0 amide bonds. The molecule has 0 spiro atoms. The van der Waals surface area contributed by atoms with E-state index in [1.54, 1.807) is 0 Å². The van der Waals surface area contributed by atoms with Gasteiger partial charge in [-0.25, -0.2) is 18.5 Å². The minimum atomic E-state index is -3.87. The molecule has 0 atom stereocenters. The van der Waals surface area contributed by atoms with Gasteiger partial charge in [0.2, 0.25) is 0 Å². The number of sulfonamides is 1. The molecule has 1 aliphatic carbocycles. The van der Waals surface area contributed by atoms with Crippen LogP contribution in [0, 0.1) is 0 Å². The molecule has 1 aliphatic rings. The van der Waals surface area contributed by atoms with Gasteiger partial charge in [-0.15, -0.1) is 0 Å². The predicted octanol–water partition coefficient (Wildman–Crippen LogP) is 0.0827. The van der Waals surface area contributed by atoms with Crippen molar-refractivity contribution in [1.29, 1.82) is 0 Å². The molecule has 1 aromatic rings. The molecule has 0 unspecified atom stereocenters. The average Bonchev–Trinajstić information content (AvgIpc) is 3.00. The quantitative estimate of drug-likeness (QED) is 0.754. The maximum absolute atomic E-state index is 11.1. The Bertz CT molecular complexity index is 522. The van der Waals surface area contributed by atoms with Crippen molar-refractivity contribution in [2.24, 2.45) is 5.14 Å². The van der Waals surface area contributed by atoms with Crippen molar-refractivity contribution >= 4 is 16.3 Å². The van der Waals surface area contributed by atoms with Crippen molar-refractivity contribution in [1.82, 2.24) is 4.98 Å². The van der Waals surface area contributed by atoms with E-state index in [1.807, 2.05) is 0 Å². The first kappa shape index (κ1) is 11.0. The highest BCUT2D eigenvalue weighted by Gasteiger charge is 2.25. The Hall–Kier alpha value is -1.47. The van der Waals surface area contributed by atoms with E-state index in [0.29, 0.717) is 6.29 Å². The van der Waals surface area contributed by atoms with Crippen molar-refractivity contribution in [2.45, 2.75) is 24.0 Å². The number of aromatic nitrogens is 1. The van der Waals surface area contributed by atoms with E-state index in [4.69, 9.17) is 9.88 Å². The van der Waals surface area contributed by atoms with Crippen molar-refractivity contribution in [3.63, 3.8) is 0 Å². The van der Waals surface area contributed by atoms with E-state index in [0.717, 1.165) is 19.0 Å². The number of pyridine rings is 1. The number of rotatable bonds is 4. The van der Waals surface area contributed by atoms with Crippen LogP contribution in [-0.4, -0.2) is 25.8 Å². The number of hydrogen-bond acceptors (Lipinski definition) is 5. The molecule has 0 aromatic carbocycles. The molecule has 16 heavy (non-hydrogen) atoms. The monoisotopic (exact) mass is 242 g/mol. The SMILES string of the molecule is NS(=O)(=O)c1cc(OC2CC2)c(C=O)cn1. The number of nitrogens with zero attached hydrogens (tertiary/aromatic N) is 1. The Morgan fingerprint density at radius 3 is 2.69 bits per heavy atom. The van der Waals surface area contributed by atoms with E-state index in [9.17, 15) is 13.2 Å². The lowest BCUT2D eigenvalue weighted by molar-refractivity contribution is 0.111. The summed E-state index contributed by atoms with van der Waals surface area (Å²) in [5.74, 6) is 0.219. The van der Waals surface area contributed by atoms with Crippen molar-refractivity contribution < 1.29 is 17.9 Å². The zero-order chi connectivity index (χ0) is 11.8. The molecule has 6 nitrogen and oxygen atoms in total. The maximum Gasteiger partial charge on any atom is 0.255 e. The highest BCUT2D eigenvalue weighted by atomic mass is 32.2. The number of aldehydes is 1. The fourth-order valence-corrected chi connectivity index (χ4v) is 1.61. The second kappa shape index (κ2) is 3.84. The average molecular weight is 242 g/mol. The molecule has 1 aromatic heterocycles. The van der Waals surface area contributed by atoms with Gasteiger partial charge in [0.05, 0.1) is 11.7 Å². The third-order valence-electron chi connectivity index (χ3n) is 2.11. The molecule has 2 rings (SSSR count). The molecular formula is C9H10N2O4S. The van der Waals surface area contributed by atoms with E-state index < -0.39 is 10.0 Å². The van der Waals surface area contributed by atoms with Gasteiger partial charge in [-0.05, 0) is 12.8 Å². The van der Waals surface area contributed by atoms with Gasteiger partial charge in [0.25, 0.3) is 10.0 Å². The van der Waals surface area contributed by atoms with Crippen molar-refractivity contribution in [3.05, 3.63) is 17.8 Å². The van der Waals surface area contributed by atoms with Gasteiger partial charge < -0.3 is 4.74 Å². The van der Waals surface area contributed by atoms with Crippen LogP contribution in [0.15, 0.2) is 17.3 Å². The summed E-state index contributed by atoms with van der Waals surface area (Å²) in [6.45, 7) is 0. The van der Waals surface area contributed by atoms with Crippen molar-refractivity contribution in [3.8, 4) is 5.75 Å². The topological polar surface area (TPSA) is 99.4 Å². The van der Waals surface area contributed by atoms with Crippen LogP contribution in [0.2, 0.25) is 0 Å². The fraction of sp³-hybridized carbons (Fsp3) is 0.333. The summed E-state index contributed by atoms with van der Waals surface area (Å²) in [6, 6.07) is 1.18. The lowest BCUT2D eigenvalue weighted by atomic mass is 10.3. The fourth-order valence-electron chi connectivity index (χ4n) is 1.14. The van der Waals surface area contributed by atoms with Crippen LogP contribution in [0.4, 0.5) is 0 Å². The Morgan fingerprint density at radius 2 is 2.19 bits per heavy atom. The summed E-state index contributed by atoms with van der Waals surface area (Å²) >= 11 is 0. The molecule has 0 bridgehead atoms. The molecule has 2 N–H and O–H groups in total. The van der Waals surface area contributed by atoms with E-state index in [-0.39, 0.29) is 22.4 Å². The number of carbonyl (C=O) groups is 1. The lowest BCUT2D eigenvalue weighted by Crippen LogP contribution is -2.14. The van der Waals surface area contributed by atoms with Gasteiger partial charge in [0.15, 0.2) is 11.3 Å². The standard InChI is InChI=1S/C9H10N2O4S/c10-16(13,14)9-3-8(15-7-1-2-7)6(5-12)4-11-9/h3-5,7H,1-2H2,(H2,10,13,14). The molecule has 1 saturated carbocycles. The van der Waals surface area contributed by atoms with E-state index in [2.05, 4.69) is 4.98 Å². The van der Waals surface area contributed by atoms with Crippen LogP contribution in [0.5, 0.6) is 5.75 Å². The third kappa shape index (κ3) is 2.37. The molecular weight excluding hydrogens is 232 g/mol. The first-order chi connectivity index (χ1) is 7.50. The van der Waals surface area contributed by atoms with Gasteiger partial charge in [-0.1, -0.05) is 0 Å². The van der Waals surface area contributed by atoms with Crippen LogP contribution in [0.3, 0.4) is 0 Å².